The molecule has 5 amide bonds. The zero-order valence-electron chi connectivity index (χ0n) is 30.6. The van der Waals surface area contributed by atoms with Crippen molar-refractivity contribution in [3.8, 4) is 5.75 Å². The minimum Gasteiger partial charge on any atom is -0.506 e. The lowest BCUT2D eigenvalue weighted by atomic mass is 9.90. The minimum atomic E-state index is -1.02. The van der Waals surface area contributed by atoms with Crippen LogP contribution >= 0.6 is 31.9 Å². The third kappa shape index (κ3) is 9.24. The summed E-state index contributed by atoms with van der Waals surface area (Å²) in [6, 6.07) is 8.90. The number of pyridine rings is 2. The van der Waals surface area contributed by atoms with Gasteiger partial charge in [-0.3, -0.25) is 24.4 Å². The second-order valence-electron chi connectivity index (χ2n) is 14.8. The number of amides is 5. The molecule has 2 atom stereocenters. The molecule has 0 bridgehead atoms. The fraction of sp³-hybridized carbons (Fsp3) is 0.487. The van der Waals surface area contributed by atoms with Crippen molar-refractivity contribution in [1.82, 2.24) is 35.7 Å². The molecule has 16 heteroatoms. The SMILES string of the molecule is O=C(N[C@@H](CC1CCNCC1)C(=O)N1CCN(c2ccncc2)CC1)[C@@H](Cc1cc(Br)c(O)c(Br)c1)NC(=O)N1CCC(N2C(=O)Cc3ncccc32)CC1. The number of phenolic OH excluding ortho intramolecular Hbond substituents is 1. The van der Waals surface area contributed by atoms with Crippen LogP contribution in [0.5, 0.6) is 5.75 Å². The first-order chi connectivity index (χ1) is 26.6. The predicted molar refractivity (Wildman–Crippen MR) is 215 cm³/mol. The molecule has 6 heterocycles. The number of rotatable bonds is 10. The Labute approximate surface area is 337 Å². The molecular weight excluding hydrogens is 834 g/mol. The molecule has 1 aromatic carbocycles. The quantitative estimate of drug-likeness (QED) is 0.239. The molecule has 0 saturated carbocycles. The number of urea groups is 1. The molecule has 3 fully saturated rings. The van der Waals surface area contributed by atoms with Gasteiger partial charge in [-0.15, -0.1) is 0 Å². The second-order valence-corrected chi connectivity index (χ2v) is 16.5. The molecule has 0 spiro atoms. The zero-order chi connectivity index (χ0) is 38.5. The summed E-state index contributed by atoms with van der Waals surface area (Å²) < 4.78 is 0.894. The number of carbonyl (C=O) groups excluding carboxylic acids is 4. The maximum atomic E-state index is 14.4. The van der Waals surface area contributed by atoms with Gasteiger partial charge in [-0.25, -0.2) is 4.79 Å². The number of fused-ring (bicyclic) bond motifs is 1. The van der Waals surface area contributed by atoms with Gasteiger partial charge in [-0.1, -0.05) is 0 Å². The summed E-state index contributed by atoms with van der Waals surface area (Å²) in [4.78, 5) is 71.6. The van der Waals surface area contributed by atoms with Gasteiger partial charge in [0.25, 0.3) is 0 Å². The first kappa shape index (κ1) is 39.0. The van der Waals surface area contributed by atoms with Crippen LogP contribution < -0.4 is 25.8 Å². The third-order valence-electron chi connectivity index (χ3n) is 11.2. The van der Waals surface area contributed by atoms with Gasteiger partial charge in [0.1, 0.15) is 17.8 Å². The average Bonchev–Trinajstić information content (AvgIpc) is 3.55. The Morgan fingerprint density at radius 1 is 0.873 bits per heavy atom. The van der Waals surface area contributed by atoms with E-state index in [0.29, 0.717) is 73.0 Å². The Morgan fingerprint density at radius 2 is 1.56 bits per heavy atom. The van der Waals surface area contributed by atoms with Crippen molar-refractivity contribution in [2.45, 2.75) is 63.1 Å². The lowest BCUT2D eigenvalue weighted by Crippen LogP contribution is -2.59. The highest BCUT2D eigenvalue weighted by atomic mass is 79.9. The van der Waals surface area contributed by atoms with Crippen LogP contribution in [-0.4, -0.2) is 119 Å². The van der Waals surface area contributed by atoms with E-state index in [4.69, 9.17) is 0 Å². The number of likely N-dealkylation sites (tertiary alicyclic amines) is 1. The van der Waals surface area contributed by atoms with Gasteiger partial charge in [0.2, 0.25) is 17.7 Å². The topological polar surface area (TPSA) is 163 Å². The van der Waals surface area contributed by atoms with Gasteiger partial charge in [0, 0.05) is 76.0 Å². The summed E-state index contributed by atoms with van der Waals surface area (Å²) in [6.45, 7) is 4.91. The maximum Gasteiger partial charge on any atom is 0.318 e. The number of hydrogen-bond donors (Lipinski definition) is 4. The molecule has 7 rings (SSSR count). The number of anilines is 2. The number of nitrogens with one attached hydrogen (secondary N) is 3. The molecule has 4 N–H and O–H groups in total. The Bertz CT molecular complexity index is 1840. The van der Waals surface area contributed by atoms with Crippen LogP contribution in [0.3, 0.4) is 0 Å². The number of halogens is 2. The Morgan fingerprint density at radius 3 is 2.25 bits per heavy atom. The fourth-order valence-corrected chi connectivity index (χ4v) is 9.48. The maximum absolute atomic E-state index is 14.4. The molecule has 292 valence electrons. The van der Waals surface area contributed by atoms with Crippen LogP contribution in [0.4, 0.5) is 16.2 Å². The van der Waals surface area contributed by atoms with Crippen molar-refractivity contribution in [2.24, 2.45) is 5.92 Å². The fourth-order valence-electron chi connectivity index (χ4n) is 8.20. The van der Waals surface area contributed by atoms with Gasteiger partial charge in [0.05, 0.1) is 26.7 Å². The molecule has 3 aromatic rings. The van der Waals surface area contributed by atoms with Crippen molar-refractivity contribution < 1.29 is 24.3 Å². The minimum absolute atomic E-state index is 0.0174. The molecule has 0 aliphatic carbocycles. The van der Waals surface area contributed by atoms with Crippen molar-refractivity contribution in [1.29, 1.82) is 0 Å². The lowest BCUT2D eigenvalue weighted by Gasteiger charge is -2.39. The Hall–Kier alpha value is -4.28. The molecule has 55 heavy (non-hydrogen) atoms. The largest absolute Gasteiger partial charge is 0.506 e. The highest BCUT2D eigenvalue weighted by Gasteiger charge is 2.38. The predicted octanol–water partition coefficient (Wildman–Crippen LogP) is 3.60. The van der Waals surface area contributed by atoms with Gasteiger partial charge in [-0.2, -0.15) is 0 Å². The normalized spacial score (nSPS) is 19.2. The van der Waals surface area contributed by atoms with E-state index >= 15 is 0 Å². The summed E-state index contributed by atoms with van der Waals surface area (Å²) in [6.07, 6.45) is 9.12. The van der Waals surface area contributed by atoms with E-state index in [9.17, 15) is 24.3 Å². The van der Waals surface area contributed by atoms with E-state index in [1.807, 2.05) is 34.1 Å². The van der Waals surface area contributed by atoms with Gasteiger partial charge >= 0.3 is 6.03 Å². The molecule has 4 aliphatic rings. The first-order valence-electron chi connectivity index (χ1n) is 19.1. The number of aromatic nitrogens is 2. The standard InChI is InChI=1S/C39H47Br2N9O5/c40-29-20-26(21-30(41)36(29)52)23-32(46-39(55)49-14-7-28(8-15-49)50-34-2-1-9-44-31(34)24-35(50)51)37(53)45-33(22-25-3-10-42-11-4-25)38(54)48-18-16-47(17-19-48)27-5-12-43-13-6-27/h1-2,5-6,9,12-13,20-21,25,28,32-33,42,52H,3-4,7-8,10-11,14-19,22-24H2,(H,45,53)(H,46,55)/t32-,33+/m1/s1. The first-order valence-corrected chi connectivity index (χ1v) is 20.7. The second kappa shape index (κ2) is 17.7. The highest BCUT2D eigenvalue weighted by molar-refractivity contribution is 9.11. The van der Waals surface area contributed by atoms with E-state index in [2.05, 4.69) is 62.7 Å². The molecule has 2 aromatic heterocycles. The van der Waals surface area contributed by atoms with Crippen molar-refractivity contribution in [3.63, 3.8) is 0 Å². The Balaban J connectivity index is 1.05. The molecule has 0 radical (unpaired) electrons. The number of carbonyl (C=O) groups is 4. The van der Waals surface area contributed by atoms with Gasteiger partial charge in [0.15, 0.2) is 0 Å². The monoisotopic (exact) mass is 879 g/mol. The number of piperazine rings is 1. The molecule has 4 aliphatic heterocycles. The number of piperidine rings is 2. The summed E-state index contributed by atoms with van der Waals surface area (Å²) in [5.74, 6) is -0.251. The molecular formula is C39H47Br2N9O5. The molecule has 3 saturated heterocycles. The van der Waals surface area contributed by atoms with E-state index < -0.39 is 24.0 Å². The summed E-state index contributed by atoms with van der Waals surface area (Å²) in [5.41, 5.74) is 3.37. The average molecular weight is 882 g/mol. The summed E-state index contributed by atoms with van der Waals surface area (Å²) >= 11 is 6.79. The van der Waals surface area contributed by atoms with Crippen molar-refractivity contribution >= 4 is 67.0 Å². The van der Waals surface area contributed by atoms with Gasteiger partial charge < -0.3 is 40.7 Å². The van der Waals surface area contributed by atoms with E-state index in [-0.39, 0.29) is 42.4 Å². The Kier molecular flexibility index (Phi) is 12.5. The van der Waals surface area contributed by atoms with Gasteiger partial charge in [-0.05, 0) is 125 Å². The third-order valence-corrected chi connectivity index (χ3v) is 12.4. The molecule has 0 unspecified atom stereocenters. The lowest BCUT2D eigenvalue weighted by molar-refractivity contribution is -0.137. The molecule has 14 nitrogen and oxygen atoms in total. The number of aromatic hydroxyl groups is 1. The van der Waals surface area contributed by atoms with Crippen LogP contribution in [0.25, 0.3) is 0 Å². The highest BCUT2D eigenvalue weighted by Crippen LogP contribution is 2.34. The number of benzene rings is 1. The van der Waals surface area contributed by atoms with Crippen LogP contribution in [0.1, 0.15) is 43.4 Å². The van der Waals surface area contributed by atoms with E-state index in [1.165, 1.54) is 0 Å². The van der Waals surface area contributed by atoms with E-state index in [0.717, 1.165) is 43.0 Å². The number of phenols is 1. The zero-order valence-corrected chi connectivity index (χ0v) is 33.8. The van der Waals surface area contributed by atoms with Crippen LogP contribution in [0.15, 0.2) is 63.9 Å². The van der Waals surface area contributed by atoms with E-state index in [1.54, 1.807) is 35.6 Å². The van der Waals surface area contributed by atoms with Crippen molar-refractivity contribution in [3.05, 3.63) is 75.2 Å². The summed E-state index contributed by atoms with van der Waals surface area (Å²) in [5, 5.41) is 19.9. The number of hydrogen-bond acceptors (Lipinski definition) is 9. The van der Waals surface area contributed by atoms with Crippen LogP contribution in [-0.2, 0) is 27.2 Å². The number of nitrogens with zero attached hydrogens (tertiary/aromatic N) is 6. The smallest absolute Gasteiger partial charge is 0.318 e. The van der Waals surface area contributed by atoms with Crippen molar-refractivity contribution in [2.75, 3.05) is 62.2 Å². The van der Waals surface area contributed by atoms with Crippen LogP contribution in [0.2, 0.25) is 0 Å². The van der Waals surface area contributed by atoms with Crippen LogP contribution in [0, 0.1) is 5.92 Å². The summed E-state index contributed by atoms with van der Waals surface area (Å²) in [7, 11) is 0.